The summed E-state index contributed by atoms with van der Waals surface area (Å²) < 4.78 is 10.4. The molecular weight excluding hydrogens is 208 g/mol. The van der Waals surface area contributed by atoms with Crippen LogP contribution in [0.2, 0.25) is 0 Å². The van der Waals surface area contributed by atoms with E-state index >= 15 is 0 Å². The van der Waals surface area contributed by atoms with Gasteiger partial charge in [-0.2, -0.15) is 0 Å². The van der Waals surface area contributed by atoms with Crippen molar-refractivity contribution in [1.82, 2.24) is 4.90 Å². The molecule has 96 valence electrons. The molecule has 0 saturated carbocycles. The molecule has 0 radical (unpaired) electrons. The maximum Gasteiger partial charge on any atom is 0.248 e. The van der Waals surface area contributed by atoms with Crippen molar-refractivity contribution in [2.75, 3.05) is 40.0 Å². The number of hydrogen-bond donors (Lipinski definition) is 1. The number of rotatable bonds is 7. The number of carbonyl (C=O) groups is 1. The predicted octanol–water partition coefficient (Wildman–Crippen LogP) is 0.235. The second-order valence-corrected chi connectivity index (χ2v) is 4.56. The summed E-state index contributed by atoms with van der Waals surface area (Å²) in [5, 5.41) is 0. The average Bonchev–Trinajstić information content (AvgIpc) is 2.19. The molecule has 5 heteroatoms. The molecule has 0 aliphatic carbocycles. The Bertz CT molecular complexity index is 202. The van der Waals surface area contributed by atoms with Crippen LogP contribution in [0, 0.1) is 0 Å². The number of nitrogens with two attached hydrogens (primary N) is 1. The topological polar surface area (TPSA) is 64.8 Å². The van der Waals surface area contributed by atoms with Crippen molar-refractivity contribution in [3.63, 3.8) is 0 Å². The van der Waals surface area contributed by atoms with Crippen LogP contribution in [0.4, 0.5) is 0 Å². The second kappa shape index (κ2) is 7.60. The highest BCUT2D eigenvalue weighted by Gasteiger charge is 2.17. The van der Waals surface area contributed by atoms with E-state index in [1.54, 1.807) is 12.0 Å². The molecule has 0 bridgehead atoms. The monoisotopic (exact) mass is 232 g/mol. The molecule has 0 unspecified atom stereocenters. The Morgan fingerprint density at radius 3 is 2.38 bits per heavy atom. The molecule has 0 atom stereocenters. The quantitative estimate of drug-likeness (QED) is 0.682. The lowest BCUT2D eigenvalue weighted by Crippen LogP contribution is -2.41. The molecule has 0 aromatic heterocycles. The maximum absolute atomic E-state index is 11.8. The number of amides is 1. The van der Waals surface area contributed by atoms with Gasteiger partial charge < -0.3 is 20.1 Å². The van der Waals surface area contributed by atoms with Crippen molar-refractivity contribution in [3.8, 4) is 0 Å². The fraction of sp³-hybridized carbons (Fsp3) is 0.909. The van der Waals surface area contributed by atoms with Crippen LogP contribution in [0.15, 0.2) is 0 Å². The van der Waals surface area contributed by atoms with E-state index < -0.39 is 0 Å². The van der Waals surface area contributed by atoms with Crippen molar-refractivity contribution >= 4 is 5.91 Å². The third kappa shape index (κ3) is 7.62. The highest BCUT2D eigenvalue weighted by atomic mass is 16.5. The Labute approximate surface area is 97.9 Å². The molecule has 0 aliphatic heterocycles. The summed E-state index contributed by atoms with van der Waals surface area (Å²) in [5.74, 6) is -0.0441. The Kier molecular flexibility index (Phi) is 7.29. The van der Waals surface area contributed by atoms with Gasteiger partial charge in [0.05, 0.1) is 12.2 Å². The van der Waals surface area contributed by atoms with Gasteiger partial charge in [0.2, 0.25) is 5.91 Å². The highest BCUT2D eigenvalue weighted by molar-refractivity contribution is 5.77. The first kappa shape index (κ1) is 15.3. The summed E-state index contributed by atoms with van der Waals surface area (Å²) in [7, 11) is 1.61. The molecule has 0 aromatic carbocycles. The molecule has 2 N–H and O–H groups in total. The van der Waals surface area contributed by atoms with Gasteiger partial charge in [0.25, 0.3) is 0 Å². The van der Waals surface area contributed by atoms with E-state index in [0.29, 0.717) is 26.2 Å². The molecule has 1 amide bonds. The zero-order valence-electron chi connectivity index (χ0n) is 10.8. The zero-order valence-corrected chi connectivity index (χ0v) is 10.8. The largest absolute Gasteiger partial charge is 0.383 e. The van der Waals surface area contributed by atoms with E-state index in [4.69, 9.17) is 15.2 Å². The van der Waals surface area contributed by atoms with Gasteiger partial charge in [-0.05, 0) is 20.8 Å². The lowest BCUT2D eigenvalue weighted by atomic mass is 10.2. The van der Waals surface area contributed by atoms with Crippen molar-refractivity contribution in [1.29, 1.82) is 0 Å². The standard InChI is InChI=1S/C11H24N2O3/c1-11(2,3)16-9-10(14)13(6-5-12)7-8-15-4/h5-9,12H2,1-4H3. The van der Waals surface area contributed by atoms with Crippen LogP contribution in [-0.2, 0) is 14.3 Å². The van der Waals surface area contributed by atoms with Crippen LogP contribution in [0.25, 0.3) is 0 Å². The molecule has 16 heavy (non-hydrogen) atoms. The van der Waals surface area contributed by atoms with Crippen LogP contribution in [0.5, 0.6) is 0 Å². The summed E-state index contributed by atoms with van der Waals surface area (Å²) >= 11 is 0. The third-order valence-electron chi connectivity index (χ3n) is 1.95. The van der Waals surface area contributed by atoms with E-state index in [-0.39, 0.29) is 18.1 Å². The molecule has 0 heterocycles. The molecule has 0 aliphatic rings. The Hall–Kier alpha value is -0.650. The Balaban J connectivity index is 4.05. The first-order valence-electron chi connectivity index (χ1n) is 5.51. The smallest absolute Gasteiger partial charge is 0.248 e. The summed E-state index contributed by atoms with van der Waals surface area (Å²) in [6, 6.07) is 0. The average molecular weight is 232 g/mol. The third-order valence-corrected chi connectivity index (χ3v) is 1.95. The first-order chi connectivity index (χ1) is 7.40. The Morgan fingerprint density at radius 1 is 1.31 bits per heavy atom. The lowest BCUT2D eigenvalue weighted by Gasteiger charge is -2.25. The van der Waals surface area contributed by atoms with E-state index in [1.807, 2.05) is 20.8 Å². The van der Waals surface area contributed by atoms with Gasteiger partial charge in [-0.1, -0.05) is 0 Å². The van der Waals surface area contributed by atoms with Crippen molar-refractivity contribution < 1.29 is 14.3 Å². The predicted molar refractivity (Wildman–Crippen MR) is 63.2 cm³/mol. The van der Waals surface area contributed by atoms with E-state index in [0.717, 1.165) is 0 Å². The van der Waals surface area contributed by atoms with E-state index in [9.17, 15) is 4.79 Å². The van der Waals surface area contributed by atoms with E-state index in [1.165, 1.54) is 0 Å². The fourth-order valence-corrected chi connectivity index (χ4v) is 1.09. The molecule has 5 nitrogen and oxygen atoms in total. The number of carbonyl (C=O) groups excluding carboxylic acids is 1. The van der Waals surface area contributed by atoms with Gasteiger partial charge in [0, 0.05) is 26.7 Å². The molecule has 0 spiro atoms. The van der Waals surface area contributed by atoms with Gasteiger partial charge in [-0.25, -0.2) is 0 Å². The Morgan fingerprint density at radius 2 is 1.94 bits per heavy atom. The molecular formula is C11H24N2O3. The van der Waals surface area contributed by atoms with Crippen LogP contribution in [-0.4, -0.2) is 56.4 Å². The number of ether oxygens (including phenoxy) is 2. The highest BCUT2D eigenvalue weighted by Crippen LogP contribution is 2.06. The second-order valence-electron chi connectivity index (χ2n) is 4.56. The molecule has 0 saturated heterocycles. The minimum absolute atomic E-state index is 0.0441. The number of hydrogen-bond acceptors (Lipinski definition) is 4. The first-order valence-corrected chi connectivity index (χ1v) is 5.51. The summed E-state index contributed by atoms with van der Waals surface area (Å²) in [6.07, 6.45) is 0. The van der Waals surface area contributed by atoms with Gasteiger partial charge in [-0.15, -0.1) is 0 Å². The summed E-state index contributed by atoms with van der Waals surface area (Å²) in [4.78, 5) is 13.4. The van der Waals surface area contributed by atoms with Crippen LogP contribution in [0.3, 0.4) is 0 Å². The van der Waals surface area contributed by atoms with Crippen LogP contribution < -0.4 is 5.73 Å². The van der Waals surface area contributed by atoms with Crippen molar-refractivity contribution in [3.05, 3.63) is 0 Å². The molecule has 0 rings (SSSR count). The normalized spacial score (nSPS) is 11.6. The lowest BCUT2D eigenvalue weighted by molar-refractivity contribution is -0.141. The minimum Gasteiger partial charge on any atom is -0.383 e. The van der Waals surface area contributed by atoms with Gasteiger partial charge >= 0.3 is 0 Å². The van der Waals surface area contributed by atoms with Gasteiger partial charge in [0.15, 0.2) is 0 Å². The van der Waals surface area contributed by atoms with Gasteiger partial charge in [-0.3, -0.25) is 4.79 Å². The minimum atomic E-state index is -0.300. The summed E-state index contributed by atoms with van der Waals surface area (Å²) in [5.41, 5.74) is 5.15. The van der Waals surface area contributed by atoms with Crippen molar-refractivity contribution in [2.24, 2.45) is 5.73 Å². The zero-order chi connectivity index (χ0) is 12.6. The number of methoxy groups -OCH3 is 1. The SMILES string of the molecule is COCCN(CCN)C(=O)COC(C)(C)C. The molecule has 0 fully saturated rings. The van der Waals surface area contributed by atoms with Gasteiger partial charge in [0.1, 0.15) is 6.61 Å². The number of nitrogens with zero attached hydrogens (tertiary/aromatic N) is 1. The van der Waals surface area contributed by atoms with Crippen LogP contribution in [0.1, 0.15) is 20.8 Å². The molecule has 0 aromatic rings. The van der Waals surface area contributed by atoms with E-state index in [2.05, 4.69) is 0 Å². The van der Waals surface area contributed by atoms with Crippen molar-refractivity contribution in [2.45, 2.75) is 26.4 Å². The summed E-state index contributed by atoms with van der Waals surface area (Å²) in [6.45, 7) is 7.91. The van der Waals surface area contributed by atoms with Crippen LogP contribution >= 0.6 is 0 Å². The maximum atomic E-state index is 11.8. The fourth-order valence-electron chi connectivity index (χ4n) is 1.09.